The molecule has 0 amide bonds. The summed E-state index contributed by atoms with van der Waals surface area (Å²) in [4.78, 5) is 0. The molecule has 2 rings (SSSR count). The van der Waals surface area contributed by atoms with Gasteiger partial charge in [-0.3, -0.25) is 4.68 Å². The first-order valence-electron chi connectivity index (χ1n) is 5.56. The highest BCUT2D eigenvalue weighted by atomic mass is 79.9. The average Bonchev–Trinajstić information content (AvgIpc) is 2.45. The molecule has 0 radical (unpaired) electrons. The molecule has 3 nitrogen and oxygen atoms in total. The molecule has 0 aliphatic heterocycles. The fraction of sp³-hybridized carbons (Fsp3) is 0.727. The maximum absolute atomic E-state index is 5.74. The molecule has 0 bridgehead atoms. The minimum absolute atomic E-state index is 0.525. The number of rotatable bonds is 1. The maximum atomic E-state index is 5.74. The topological polar surface area (TPSA) is 43.8 Å². The van der Waals surface area contributed by atoms with Crippen LogP contribution < -0.4 is 5.73 Å². The number of aromatic nitrogens is 2. The zero-order valence-electron chi connectivity index (χ0n) is 9.28. The van der Waals surface area contributed by atoms with Crippen molar-refractivity contribution in [1.82, 2.24) is 9.78 Å². The molecule has 1 fully saturated rings. The lowest BCUT2D eigenvalue weighted by Crippen LogP contribution is -2.23. The monoisotopic (exact) mass is 271 g/mol. The molecule has 2 N–H and O–H groups in total. The van der Waals surface area contributed by atoms with Gasteiger partial charge >= 0.3 is 0 Å². The van der Waals surface area contributed by atoms with E-state index in [1.807, 2.05) is 10.9 Å². The fourth-order valence-electron chi connectivity index (χ4n) is 2.69. The molecular weight excluding hydrogens is 254 g/mol. The third-order valence-corrected chi connectivity index (χ3v) is 3.85. The molecule has 1 aromatic heterocycles. The summed E-state index contributed by atoms with van der Waals surface area (Å²) in [6.45, 7) is 4.65. The van der Waals surface area contributed by atoms with Gasteiger partial charge in [0.2, 0.25) is 0 Å². The van der Waals surface area contributed by atoms with E-state index in [1.165, 1.54) is 19.3 Å². The first kappa shape index (κ1) is 11.0. The highest BCUT2D eigenvalue weighted by molar-refractivity contribution is 9.10. The Labute approximate surface area is 99.2 Å². The lowest BCUT2D eigenvalue weighted by molar-refractivity contribution is 0.210. The summed E-state index contributed by atoms with van der Waals surface area (Å²) in [7, 11) is 0. The smallest absolute Gasteiger partial charge is 0.159 e. The predicted molar refractivity (Wildman–Crippen MR) is 65.6 cm³/mol. The number of nitrogen functional groups attached to an aromatic ring is 1. The molecule has 4 heteroatoms. The first-order chi connectivity index (χ1) is 7.06. The van der Waals surface area contributed by atoms with Crippen LogP contribution in [0, 0.1) is 11.8 Å². The van der Waals surface area contributed by atoms with Gasteiger partial charge < -0.3 is 5.73 Å². The lowest BCUT2D eigenvalue weighted by Gasteiger charge is -2.31. The zero-order chi connectivity index (χ0) is 11.0. The van der Waals surface area contributed by atoms with E-state index in [4.69, 9.17) is 5.73 Å². The van der Waals surface area contributed by atoms with Crippen LogP contribution in [-0.4, -0.2) is 9.78 Å². The Bertz CT molecular complexity index is 318. The van der Waals surface area contributed by atoms with E-state index >= 15 is 0 Å². The number of hydrogen-bond acceptors (Lipinski definition) is 2. The van der Waals surface area contributed by atoms with Crippen molar-refractivity contribution in [2.75, 3.05) is 5.73 Å². The van der Waals surface area contributed by atoms with Crippen LogP contribution in [0.3, 0.4) is 0 Å². The SMILES string of the molecule is CC1CC(C)CC(n2cc(Br)c(N)n2)C1. The number of nitrogens with two attached hydrogens (primary N) is 1. The summed E-state index contributed by atoms with van der Waals surface area (Å²) in [6, 6.07) is 0.525. The number of hydrogen-bond donors (Lipinski definition) is 1. The van der Waals surface area contributed by atoms with Crippen molar-refractivity contribution >= 4 is 21.7 Å². The molecule has 1 aliphatic rings. The van der Waals surface area contributed by atoms with Gasteiger partial charge in [-0.25, -0.2) is 0 Å². The maximum Gasteiger partial charge on any atom is 0.159 e. The molecule has 84 valence electrons. The Balaban J connectivity index is 2.16. The normalized spacial score (nSPS) is 31.8. The second kappa shape index (κ2) is 4.16. The largest absolute Gasteiger partial charge is 0.381 e. The van der Waals surface area contributed by atoms with Crippen molar-refractivity contribution in [2.45, 2.75) is 39.2 Å². The minimum Gasteiger partial charge on any atom is -0.381 e. The Hall–Kier alpha value is -0.510. The van der Waals surface area contributed by atoms with Crippen molar-refractivity contribution in [3.8, 4) is 0 Å². The van der Waals surface area contributed by atoms with E-state index in [1.54, 1.807) is 0 Å². The first-order valence-corrected chi connectivity index (χ1v) is 6.35. The fourth-order valence-corrected chi connectivity index (χ4v) is 2.98. The van der Waals surface area contributed by atoms with Crippen LogP contribution >= 0.6 is 15.9 Å². The van der Waals surface area contributed by atoms with Crippen LogP contribution in [0.2, 0.25) is 0 Å². The summed E-state index contributed by atoms with van der Waals surface area (Å²) in [6.07, 6.45) is 5.79. The summed E-state index contributed by atoms with van der Waals surface area (Å²) in [5, 5.41) is 4.35. The molecule has 0 saturated heterocycles. The van der Waals surface area contributed by atoms with E-state index in [0.717, 1.165) is 16.3 Å². The lowest BCUT2D eigenvalue weighted by atomic mass is 9.80. The van der Waals surface area contributed by atoms with Crippen LogP contribution in [0.15, 0.2) is 10.7 Å². The molecule has 0 aromatic carbocycles. The van der Waals surface area contributed by atoms with Crippen molar-refractivity contribution < 1.29 is 0 Å². The van der Waals surface area contributed by atoms with Crippen LogP contribution in [-0.2, 0) is 0 Å². The van der Waals surface area contributed by atoms with Crippen LogP contribution in [0.1, 0.15) is 39.2 Å². The van der Waals surface area contributed by atoms with Gasteiger partial charge in [0.25, 0.3) is 0 Å². The molecule has 1 heterocycles. The molecule has 0 spiro atoms. The van der Waals surface area contributed by atoms with Crippen LogP contribution in [0.5, 0.6) is 0 Å². The average molecular weight is 272 g/mol. The van der Waals surface area contributed by atoms with Crippen molar-refractivity contribution in [3.63, 3.8) is 0 Å². The van der Waals surface area contributed by atoms with Gasteiger partial charge in [0, 0.05) is 6.20 Å². The van der Waals surface area contributed by atoms with Crippen molar-refractivity contribution in [2.24, 2.45) is 11.8 Å². The van der Waals surface area contributed by atoms with Gasteiger partial charge in [0.1, 0.15) is 0 Å². The second-order valence-corrected chi connectivity index (χ2v) is 5.77. The van der Waals surface area contributed by atoms with Gasteiger partial charge in [0.15, 0.2) is 5.82 Å². The molecule has 1 aromatic rings. The van der Waals surface area contributed by atoms with Gasteiger partial charge in [0.05, 0.1) is 10.5 Å². The van der Waals surface area contributed by atoms with E-state index in [-0.39, 0.29) is 0 Å². The van der Waals surface area contributed by atoms with E-state index in [9.17, 15) is 0 Å². The van der Waals surface area contributed by atoms with Crippen LogP contribution in [0.4, 0.5) is 5.82 Å². The van der Waals surface area contributed by atoms with Gasteiger partial charge in [-0.15, -0.1) is 0 Å². The van der Waals surface area contributed by atoms with Crippen LogP contribution in [0.25, 0.3) is 0 Å². The van der Waals surface area contributed by atoms with Gasteiger partial charge in [-0.2, -0.15) is 5.10 Å². The standard InChI is InChI=1S/C11H18BrN3/c1-7-3-8(2)5-9(4-7)15-6-10(12)11(13)14-15/h6-9H,3-5H2,1-2H3,(H2,13,14). The molecule has 1 saturated carbocycles. The van der Waals surface area contributed by atoms with Gasteiger partial charge in [-0.1, -0.05) is 13.8 Å². The summed E-state index contributed by atoms with van der Waals surface area (Å²) < 4.78 is 2.94. The van der Waals surface area contributed by atoms with Crippen molar-refractivity contribution in [3.05, 3.63) is 10.7 Å². The zero-order valence-corrected chi connectivity index (χ0v) is 10.9. The summed E-state index contributed by atoms with van der Waals surface area (Å²) in [5.41, 5.74) is 5.74. The molecule has 15 heavy (non-hydrogen) atoms. The van der Waals surface area contributed by atoms with E-state index in [0.29, 0.717) is 11.9 Å². The van der Waals surface area contributed by atoms with E-state index in [2.05, 4.69) is 34.9 Å². The molecule has 2 atom stereocenters. The highest BCUT2D eigenvalue weighted by Crippen LogP contribution is 2.36. The Kier molecular flexibility index (Phi) is 3.05. The number of anilines is 1. The highest BCUT2D eigenvalue weighted by Gasteiger charge is 2.25. The van der Waals surface area contributed by atoms with Gasteiger partial charge in [-0.05, 0) is 47.0 Å². The third-order valence-electron chi connectivity index (χ3n) is 3.24. The Morgan fingerprint density at radius 2 is 1.93 bits per heavy atom. The Morgan fingerprint density at radius 3 is 2.40 bits per heavy atom. The molecule has 2 unspecified atom stereocenters. The second-order valence-electron chi connectivity index (χ2n) is 4.91. The number of nitrogens with zero attached hydrogens (tertiary/aromatic N) is 2. The van der Waals surface area contributed by atoms with E-state index < -0.39 is 0 Å². The Morgan fingerprint density at radius 1 is 1.33 bits per heavy atom. The summed E-state index contributed by atoms with van der Waals surface area (Å²) >= 11 is 3.40. The number of halogens is 1. The quantitative estimate of drug-likeness (QED) is 0.853. The van der Waals surface area contributed by atoms with Crippen molar-refractivity contribution in [1.29, 1.82) is 0 Å². The molecular formula is C11H18BrN3. The summed E-state index contributed by atoms with van der Waals surface area (Å²) in [5.74, 6) is 2.19. The minimum atomic E-state index is 0.525. The third kappa shape index (κ3) is 2.36. The molecule has 1 aliphatic carbocycles. The predicted octanol–water partition coefficient (Wildman–Crippen LogP) is 3.23.